The van der Waals surface area contributed by atoms with Crippen molar-refractivity contribution in [2.24, 2.45) is 0 Å². The van der Waals surface area contributed by atoms with Crippen LogP contribution in [0, 0.1) is 13.8 Å². The number of nitrogen functional groups attached to an aromatic ring is 1. The number of thiazole rings is 1. The normalized spacial score (nSPS) is 10.6. The van der Waals surface area contributed by atoms with Crippen LogP contribution in [0.1, 0.15) is 11.1 Å². The molecule has 90 valence electrons. The van der Waals surface area contributed by atoms with Crippen LogP contribution in [-0.2, 0) is 0 Å². The SMILES string of the molecule is COc1c(C)cc(C)cc1-c1nc(N)c(Br)s1. The van der Waals surface area contributed by atoms with Crippen LogP contribution in [-0.4, -0.2) is 12.1 Å². The van der Waals surface area contributed by atoms with Crippen molar-refractivity contribution in [3.63, 3.8) is 0 Å². The molecule has 0 aliphatic carbocycles. The number of nitrogens with two attached hydrogens (primary N) is 1. The zero-order valence-corrected chi connectivity index (χ0v) is 12.3. The highest BCUT2D eigenvalue weighted by Crippen LogP contribution is 2.39. The lowest BCUT2D eigenvalue weighted by atomic mass is 10.1. The Bertz CT molecular complexity index is 546. The second-order valence-corrected chi connectivity index (χ2v) is 6.16. The van der Waals surface area contributed by atoms with Crippen LogP contribution >= 0.6 is 27.3 Å². The van der Waals surface area contributed by atoms with Gasteiger partial charge in [0, 0.05) is 0 Å². The molecule has 0 atom stereocenters. The van der Waals surface area contributed by atoms with Crippen LogP contribution in [0.2, 0.25) is 0 Å². The zero-order valence-electron chi connectivity index (χ0n) is 9.87. The number of anilines is 1. The highest BCUT2D eigenvalue weighted by atomic mass is 79.9. The Morgan fingerprint density at radius 3 is 2.59 bits per heavy atom. The summed E-state index contributed by atoms with van der Waals surface area (Å²) in [6.07, 6.45) is 0. The molecular formula is C12H13BrN2OS. The van der Waals surface area contributed by atoms with Crippen molar-refractivity contribution in [1.29, 1.82) is 0 Å². The molecule has 1 aromatic carbocycles. The van der Waals surface area contributed by atoms with Gasteiger partial charge >= 0.3 is 0 Å². The molecule has 0 saturated heterocycles. The number of methoxy groups -OCH3 is 1. The van der Waals surface area contributed by atoms with Gasteiger partial charge in [0.1, 0.15) is 20.4 Å². The second-order valence-electron chi connectivity index (χ2n) is 3.84. The average Bonchev–Trinajstić information content (AvgIpc) is 2.58. The lowest BCUT2D eigenvalue weighted by molar-refractivity contribution is 0.413. The van der Waals surface area contributed by atoms with Gasteiger partial charge in [-0.25, -0.2) is 4.98 Å². The van der Waals surface area contributed by atoms with Crippen LogP contribution in [0.4, 0.5) is 5.82 Å². The first-order chi connectivity index (χ1) is 8.02. The second kappa shape index (κ2) is 4.66. The van der Waals surface area contributed by atoms with E-state index in [9.17, 15) is 0 Å². The standard InChI is InChI=1S/C12H13BrN2OS/c1-6-4-7(2)9(16-3)8(5-6)12-15-11(14)10(13)17-12/h4-5H,14H2,1-3H3. The van der Waals surface area contributed by atoms with Crippen molar-refractivity contribution < 1.29 is 4.74 Å². The molecule has 3 nitrogen and oxygen atoms in total. The van der Waals surface area contributed by atoms with Crippen molar-refractivity contribution in [2.75, 3.05) is 12.8 Å². The van der Waals surface area contributed by atoms with E-state index in [-0.39, 0.29) is 0 Å². The van der Waals surface area contributed by atoms with E-state index in [1.165, 1.54) is 16.9 Å². The number of rotatable bonds is 2. The molecule has 17 heavy (non-hydrogen) atoms. The minimum Gasteiger partial charge on any atom is -0.496 e. The van der Waals surface area contributed by atoms with E-state index < -0.39 is 0 Å². The first kappa shape index (κ1) is 12.4. The van der Waals surface area contributed by atoms with Gasteiger partial charge in [-0.2, -0.15) is 0 Å². The first-order valence-electron chi connectivity index (χ1n) is 5.10. The molecule has 5 heteroatoms. The van der Waals surface area contributed by atoms with Gasteiger partial charge in [-0.05, 0) is 47.0 Å². The van der Waals surface area contributed by atoms with Crippen molar-refractivity contribution in [3.8, 4) is 16.3 Å². The smallest absolute Gasteiger partial charge is 0.149 e. The number of aryl methyl sites for hydroxylation is 2. The Balaban J connectivity index is 2.65. The lowest BCUT2D eigenvalue weighted by Crippen LogP contribution is -1.93. The fourth-order valence-electron chi connectivity index (χ4n) is 1.81. The lowest BCUT2D eigenvalue weighted by Gasteiger charge is -2.10. The summed E-state index contributed by atoms with van der Waals surface area (Å²) in [5.74, 6) is 1.38. The van der Waals surface area contributed by atoms with Crippen LogP contribution in [0.3, 0.4) is 0 Å². The highest BCUT2D eigenvalue weighted by molar-refractivity contribution is 9.11. The maximum Gasteiger partial charge on any atom is 0.149 e. The molecule has 2 N–H and O–H groups in total. The van der Waals surface area contributed by atoms with Crippen molar-refractivity contribution >= 4 is 33.1 Å². The number of aromatic nitrogens is 1. The molecule has 2 rings (SSSR count). The third-order valence-electron chi connectivity index (χ3n) is 2.46. The molecule has 1 heterocycles. The van der Waals surface area contributed by atoms with Gasteiger partial charge in [-0.1, -0.05) is 6.07 Å². The Labute approximate surface area is 113 Å². The molecule has 0 unspecified atom stereocenters. The number of hydrogen-bond donors (Lipinski definition) is 1. The van der Waals surface area contributed by atoms with Crippen molar-refractivity contribution in [2.45, 2.75) is 13.8 Å². The molecule has 1 aromatic heterocycles. The predicted octanol–water partition coefficient (Wildman–Crippen LogP) is 3.78. The van der Waals surface area contributed by atoms with Gasteiger partial charge in [-0.15, -0.1) is 11.3 Å². The predicted molar refractivity (Wildman–Crippen MR) is 75.7 cm³/mol. The van der Waals surface area contributed by atoms with E-state index in [1.54, 1.807) is 7.11 Å². The maximum atomic E-state index is 5.76. The van der Waals surface area contributed by atoms with Crippen LogP contribution in [0.5, 0.6) is 5.75 Å². The molecule has 0 saturated carbocycles. The van der Waals surface area contributed by atoms with Gasteiger partial charge in [0.15, 0.2) is 0 Å². The average molecular weight is 313 g/mol. The Kier molecular flexibility index (Phi) is 3.40. The van der Waals surface area contributed by atoms with Gasteiger partial charge in [-0.3, -0.25) is 0 Å². The van der Waals surface area contributed by atoms with Crippen LogP contribution < -0.4 is 10.5 Å². The molecule has 0 aliphatic rings. The van der Waals surface area contributed by atoms with E-state index in [1.807, 2.05) is 6.92 Å². The van der Waals surface area contributed by atoms with E-state index in [0.29, 0.717) is 5.82 Å². The van der Waals surface area contributed by atoms with E-state index in [4.69, 9.17) is 10.5 Å². The minimum atomic E-state index is 0.520. The topological polar surface area (TPSA) is 48.1 Å². The van der Waals surface area contributed by atoms with E-state index in [0.717, 1.165) is 25.7 Å². The highest BCUT2D eigenvalue weighted by Gasteiger charge is 2.14. The summed E-state index contributed by atoms with van der Waals surface area (Å²) >= 11 is 4.90. The monoisotopic (exact) mass is 312 g/mol. The van der Waals surface area contributed by atoms with Crippen LogP contribution in [0.15, 0.2) is 15.9 Å². The fourth-order valence-corrected chi connectivity index (χ4v) is 3.09. The first-order valence-corrected chi connectivity index (χ1v) is 6.71. The van der Waals surface area contributed by atoms with Gasteiger partial charge in [0.05, 0.1) is 12.7 Å². The summed E-state index contributed by atoms with van der Waals surface area (Å²) in [6, 6.07) is 4.16. The van der Waals surface area contributed by atoms with Gasteiger partial charge in [0.2, 0.25) is 0 Å². The third kappa shape index (κ3) is 2.30. The van der Waals surface area contributed by atoms with Crippen molar-refractivity contribution in [1.82, 2.24) is 4.98 Å². The Morgan fingerprint density at radius 1 is 1.35 bits per heavy atom. The molecule has 0 spiro atoms. The van der Waals surface area contributed by atoms with Crippen LogP contribution in [0.25, 0.3) is 10.6 Å². The van der Waals surface area contributed by atoms with Gasteiger partial charge < -0.3 is 10.5 Å². The summed E-state index contributed by atoms with van der Waals surface area (Å²) in [6.45, 7) is 4.09. The zero-order chi connectivity index (χ0) is 12.6. The molecule has 0 aliphatic heterocycles. The fraction of sp³-hybridized carbons (Fsp3) is 0.250. The molecule has 2 aromatic rings. The minimum absolute atomic E-state index is 0.520. The molecule has 0 fully saturated rings. The molecule has 0 radical (unpaired) electrons. The van der Waals surface area contributed by atoms with E-state index in [2.05, 4.69) is 40.0 Å². The summed E-state index contributed by atoms with van der Waals surface area (Å²) in [4.78, 5) is 4.34. The number of hydrogen-bond acceptors (Lipinski definition) is 4. The van der Waals surface area contributed by atoms with Gasteiger partial charge in [0.25, 0.3) is 0 Å². The molecule has 0 bridgehead atoms. The van der Waals surface area contributed by atoms with E-state index >= 15 is 0 Å². The number of halogens is 1. The largest absolute Gasteiger partial charge is 0.496 e. The number of nitrogens with zero attached hydrogens (tertiary/aromatic N) is 1. The summed E-state index contributed by atoms with van der Waals surface area (Å²) in [7, 11) is 1.67. The molecular weight excluding hydrogens is 300 g/mol. The summed E-state index contributed by atoms with van der Waals surface area (Å²) < 4.78 is 6.30. The quantitative estimate of drug-likeness (QED) is 0.918. The Morgan fingerprint density at radius 2 is 2.06 bits per heavy atom. The third-order valence-corrected chi connectivity index (χ3v) is 4.25. The molecule has 0 amide bonds. The summed E-state index contributed by atoms with van der Waals surface area (Å²) in [5.41, 5.74) is 9.04. The Hall–Kier alpha value is -1.07. The number of benzene rings is 1. The van der Waals surface area contributed by atoms with Crippen molar-refractivity contribution in [3.05, 3.63) is 27.0 Å². The summed E-state index contributed by atoms with van der Waals surface area (Å²) in [5, 5.41) is 0.873. The maximum absolute atomic E-state index is 5.76. The number of ether oxygens (including phenoxy) is 1.